The molecule has 1 aromatic rings. The number of nitrogens with zero attached hydrogens (tertiary/aromatic N) is 2. The van der Waals surface area contributed by atoms with Gasteiger partial charge in [-0.15, -0.1) is 6.54 Å². The van der Waals surface area contributed by atoms with E-state index in [0.29, 0.717) is 17.9 Å². The maximum atomic E-state index is 7.25. The molecule has 5 heteroatoms. The van der Waals surface area contributed by atoms with Gasteiger partial charge in [0.1, 0.15) is 6.10 Å². The van der Waals surface area contributed by atoms with Crippen LogP contribution in [0.1, 0.15) is 18.4 Å². The van der Waals surface area contributed by atoms with Gasteiger partial charge in [-0.25, -0.2) is 4.98 Å². The van der Waals surface area contributed by atoms with Crippen LogP contribution in [-0.2, 0) is 6.54 Å². The number of hydrogen-bond donors (Lipinski definition) is 0. The average molecular weight is 318 g/mol. The third-order valence-corrected chi connectivity index (χ3v) is 3.87. The van der Waals surface area contributed by atoms with E-state index in [2.05, 4.69) is 9.88 Å². The van der Waals surface area contributed by atoms with E-state index in [9.17, 15) is 0 Å². The number of aromatic nitrogens is 1. The summed E-state index contributed by atoms with van der Waals surface area (Å²) in [6.07, 6.45) is 4.57. The molecule has 4 nitrogen and oxygen atoms in total. The van der Waals surface area contributed by atoms with Crippen LogP contribution in [0.4, 0.5) is 0 Å². The van der Waals surface area contributed by atoms with E-state index in [4.69, 9.17) is 10.5 Å². The molecule has 0 aliphatic carbocycles. The van der Waals surface area contributed by atoms with Crippen LogP contribution < -0.4 is 62.9 Å². The van der Waals surface area contributed by atoms with E-state index in [1.807, 2.05) is 12.1 Å². The van der Waals surface area contributed by atoms with Gasteiger partial charge in [0.05, 0.1) is 0 Å². The summed E-state index contributed by atoms with van der Waals surface area (Å²) in [5.74, 6) is 1.42. The summed E-state index contributed by atoms with van der Waals surface area (Å²) in [6, 6.07) is 3.82. The van der Waals surface area contributed by atoms with Gasteiger partial charge < -0.3 is 10.5 Å². The minimum absolute atomic E-state index is 0. The first kappa shape index (κ1) is 15.1. The molecule has 1 aromatic heterocycles. The fraction of sp³-hybridized carbons (Fsp3) is 0.615. The zero-order valence-corrected chi connectivity index (χ0v) is 15.8. The molecule has 3 fully saturated rings. The van der Waals surface area contributed by atoms with Gasteiger partial charge in [0.2, 0.25) is 5.88 Å². The normalized spacial score (nSPS) is 29.7. The van der Waals surface area contributed by atoms with E-state index in [1.54, 1.807) is 6.20 Å². The Morgan fingerprint density at radius 1 is 1.33 bits per heavy atom. The second-order valence-corrected chi connectivity index (χ2v) is 4.98. The van der Waals surface area contributed by atoms with E-state index in [0.717, 1.165) is 12.1 Å². The maximum absolute atomic E-state index is 7.25. The van der Waals surface area contributed by atoms with Crippen molar-refractivity contribution in [2.24, 2.45) is 5.92 Å². The minimum Gasteiger partial charge on any atom is -0.674 e. The number of fused-ring (bicyclic) bond motifs is 3. The summed E-state index contributed by atoms with van der Waals surface area (Å²) >= 11 is 0. The van der Waals surface area contributed by atoms with Crippen LogP contribution in [0.25, 0.3) is 5.73 Å². The molecule has 92 valence electrons. The summed E-state index contributed by atoms with van der Waals surface area (Å²) in [7, 11) is 0. The molecule has 0 saturated carbocycles. The number of ether oxygens (including phenoxy) is 1. The van der Waals surface area contributed by atoms with Gasteiger partial charge in [0, 0.05) is 18.8 Å². The van der Waals surface area contributed by atoms with E-state index < -0.39 is 0 Å². The number of hydrogen-bond acceptors (Lipinski definition) is 3. The summed E-state index contributed by atoms with van der Waals surface area (Å²) in [4.78, 5) is 6.74. The molecular weight excluding hydrogens is 300 g/mol. The Labute approximate surface area is 157 Å². The van der Waals surface area contributed by atoms with Crippen LogP contribution in [0, 0.1) is 5.92 Å². The molecule has 2 bridgehead atoms. The molecule has 4 heterocycles. The van der Waals surface area contributed by atoms with Crippen molar-refractivity contribution in [1.82, 2.24) is 9.88 Å². The monoisotopic (exact) mass is 317 g/mol. The van der Waals surface area contributed by atoms with Crippen molar-refractivity contribution in [3.05, 3.63) is 29.6 Å². The predicted molar refractivity (Wildman–Crippen MR) is 65.8 cm³/mol. The van der Waals surface area contributed by atoms with Gasteiger partial charge in [-0.1, -0.05) is 11.6 Å². The molecule has 1 atom stereocenters. The zero-order valence-electron chi connectivity index (χ0n) is 10.9. The molecule has 3 saturated heterocycles. The minimum atomic E-state index is 0. The third kappa shape index (κ3) is 3.41. The van der Waals surface area contributed by atoms with Crippen LogP contribution in [0.3, 0.4) is 0 Å². The van der Waals surface area contributed by atoms with Gasteiger partial charge in [-0.2, -0.15) is 0 Å². The second kappa shape index (κ2) is 6.91. The Hall–Kier alpha value is 0.675. The van der Waals surface area contributed by atoms with E-state index in [-0.39, 0.29) is 64.7 Å². The van der Waals surface area contributed by atoms with Crippen LogP contribution in [-0.4, -0.2) is 35.6 Å². The van der Waals surface area contributed by atoms with Crippen molar-refractivity contribution >= 4 is 0 Å². The summed E-state index contributed by atoms with van der Waals surface area (Å²) in [5.41, 5.74) is 8.18. The van der Waals surface area contributed by atoms with Gasteiger partial charge >= 0.3 is 58.2 Å². The summed E-state index contributed by atoms with van der Waals surface area (Å²) in [5, 5.41) is 0. The Bertz CT molecular complexity index is 376. The molecule has 3 aliphatic rings. The van der Waals surface area contributed by atoms with E-state index in [1.165, 1.54) is 25.9 Å². The van der Waals surface area contributed by atoms with Crippen LogP contribution in [0.5, 0.6) is 5.88 Å². The smallest absolute Gasteiger partial charge is 0.674 e. The fourth-order valence-electron chi connectivity index (χ4n) is 2.78. The van der Waals surface area contributed by atoms with Crippen molar-refractivity contribution in [2.75, 3.05) is 19.6 Å². The third-order valence-electron chi connectivity index (χ3n) is 3.87. The molecule has 0 amide bonds. The molecule has 3 aliphatic heterocycles. The van der Waals surface area contributed by atoms with Gasteiger partial charge in [-0.05, 0) is 31.8 Å². The molecule has 0 spiro atoms. The molecular formula is C13H18N3ORb. The summed E-state index contributed by atoms with van der Waals surface area (Å²) in [6.45, 7) is 3.80. The first-order valence-electron chi connectivity index (χ1n) is 6.33. The molecule has 0 unspecified atom stereocenters. The van der Waals surface area contributed by atoms with Crippen molar-refractivity contribution in [2.45, 2.75) is 25.5 Å². The predicted octanol–water partition coefficient (Wildman–Crippen LogP) is -0.889. The standard InChI is InChI=1S/C13H18N3O.Rb/c14-7-10-1-2-13(15-8-10)17-12-9-16-5-3-11(12)4-6-16;/h1-2,8,11-12,14H,3-7,9H2;/q-1;+1/t12-;/m0./s1. The number of pyridine rings is 1. The Balaban J connectivity index is 0.00000120. The molecule has 0 aromatic carbocycles. The first-order chi connectivity index (χ1) is 8.35. The molecule has 0 radical (unpaired) electrons. The van der Waals surface area contributed by atoms with Crippen LogP contribution in [0.15, 0.2) is 18.3 Å². The van der Waals surface area contributed by atoms with Gasteiger partial charge in [0.25, 0.3) is 0 Å². The molecule has 1 N–H and O–H groups in total. The SMILES string of the molecule is [NH-]Cc1ccc(O[C@H]2CN3CCC2CC3)nc1.[Rb+]. The Kier molecular flexibility index (Phi) is 5.78. The van der Waals surface area contributed by atoms with E-state index >= 15 is 0 Å². The quantitative estimate of drug-likeness (QED) is 0.727. The maximum Gasteiger partial charge on any atom is 1.00 e. The van der Waals surface area contributed by atoms with Gasteiger partial charge in [0.15, 0.2) is 0 Å². The summed E-state index contributed by atoms with van der Waals surface area (Å²) < 4.78 is 5.97. The fourth-order valence-corrected chi connectivity index (χ4v) is 2.78. The van der Waals surface area contributed by atoms with Crippen molar-refractivity contribution in [3.63, 3.8) is 0 Å². The molecule has 18 heavy (non-hydrogen) atoms. The van der Waals surface area contributed by atoms with Gasteiger partial charge in [-0.3, -0.25) is 4.90 Å². The average Bonchev–Trinajstić information content (AvgIpc) is 2.41. The topological polar surface area (TPSA) is 49.2 Å². The number of nitrogens with one attached hydrogen (secondary N) is 1. The van der Waals surface area contributed by atoms with Crippen LogP contribution >= 0.6 is 0 Å². The number of rotatable bonds is 3. The number of piperidine rings is 3. The Morgan fingerprint density at radius 3 is 2.61 bits per heavy atom. The largest absolute Gasteiger partial charge is 1.00 e. The van der Waals surface area contributed by atoms with Crippen molar-refractivity contribution in [3.8, 4) is 5.88 Å². The zero-order chi connectivity index (χ0) is 11.7. The first-order valence-corrected chi connectivity index (χ1v) is 6.33. The van der Waals surface area contributed by atoms with Crippen LogP contribution in [0.2, 0.25) is 0 Å². The van der Waals surface area contributed by atoms with Crippen molar-refractivity contribution in [1.29, 1.82) is 0 Å². The Morgan fingerprint density at radius 2 is 2.11 bits per heavy atom. The molecule has 4 rings (SSSR count). The second-order valence-electron chi connectivity index (χ2n) is 4.98. The van der Waals surface area contributed by atoms with Crippen molar-refractivity contribution < 1.29 is 62.9 Å².